The van der Waals surface area contributed by atoms with E-state index in [0.29, 0.717) is 0 Å². The van der Waals surface area contributed by atoms with Crippen molar-refractivity contribution in [3.8, 4) is 5.75 Å². The Hall–Kier alpha value is -0.500. The summed E-state index contributed by atoms with van der Waals surface area (Å²) in [6.45, 7) is 2.98. The van der Waals surface area contributed by atoms with Crippen LogP contribution in [0.3, 0.4) is 0 Å². The van der Waals surface area contributed by atoms with Crippen molar-refractivity contribution in [3.05, 3.63) is 29.8 Å². The van der Waals surface area contributed by atoms with Gasteiger partial charge in [-0.25, -0.2) is 0 Å². The van der Waals surface area contributed by atoms with Gasteiger partial charge in [0, 0.05) is 5.33 Å². The maximum Gasteiger partial charge on any atom is 0.119 e. The SMILES string of the molecule is CCc1ccc(OCCCCBr)cc1. The largest absolute Gasteiger partial charge is 0.494 e. The van der Waals surface area contributed by atoms with Crippen molar-refractivity contribution >= 4 is 15.9 Å². The average Bonchev–Trinajstić information content (AvgIpc) is 2.25. The van der Waals surface area contributed by atoms with Gasteiger partial charge in [-0.2, -0.15) is 0 Å². The van der Waals surface area contributed by atoms with Crippen LogP contribution in [0.4, 0.5) is 0 Å². The number of alkyl halides is 1. The molecule has 14 heavy (non-hydrogen) atoms. The molecular formula is C12H17BrO. The number of unbranched alkanes of at least 4 members (excludes halogenated alkanes) is 1. The van der Waals surface area contributed by atoms with Crippen molar-refractivity contribution in [3.63, 3.8) is 0 Å². The second-order valence-electron chi connectivity index (χ2n) is 3.24. The van der Waals surface area contributed by atoms with E-state index in [1.54, 1.807) is 0 Å². The van der Waals surface area contributed by atoms with E-state index in [1.165, 1.54) is 12.0 Å². The van der Waals surface area contributed by atoms with E-state index in [4.69, 9.17) is 4.74 Å². The molecule has 1 aromatic carbocycles. The lowest BCUT2D eigenvalue weighted by atomic mass is 10.2. The minimum Gasteiger partial charge on any atom is -0.494 e. The zero-order chi connectivity index (χ0) is 10.2. The summed E-state index contributed by atoms with van der Waals surface area (Å²) in [4.78, 5) is 0. The summed E-state index contributed by atoms with van der Waals surface area (Å²) in [7, 11) is 0. The van der Waals surface area contributed by atoms with Gasteiger partial charge in [-0.3, -0.25) is 0 Å². The molecule has 0 aliphatic rings. The molecule has 0 aliphatic carbocycles. The molecule has 0 bridgehead atoms. The second kappa shape index (κ2) is 6.88. The Morgan fingerprint density at radius 3 is 2.43 bits per heavy atom. The van der Waals surface area contributed by atoms with Crippen molar-refractivity contribution in [1.82, 2.24) is 0 Å². The van der Waals surface area contributed by atoms with Gasteiger partial charge in [0.05, 0.1) is 6.61 Å². The highest BCUT2D eigenvalue weighted by Crippen LogP contribution is 2.12. The molecule has 0 aromatic heterocycles. The highest BCUT2D eigenvalue weighted by Gasteiger charge is 1.93. The Bertz CT molecular complexity index is 243. The Balaban J connectivity index is 2.29. The first kappa shape index (κ1) is 11.6. The Morgan fingerprint density at radius 2 is 1.86 bits per heavy atom. The lowest BCUT2D eigenvalue weighted by Crippen LogP contribution is -1.97. The van der Waals surface area contributed by atoms with E-state index in [9.17, 15) is 0 Å². The van der Waals surface area contributed by atoms with Crippen LogP contribution >= 0.6 is 15.9 Å². The van der Waals surface area contributed by atoms with E-state index in [0.717, 1.165) is 30.5 Å². The Kier molecular flexibility index (Phi) is 5.69. The first-order valence-electron chi connectivity index (χ1n) is 5.14. The van der Waals surface area contributed by atoms with Gasteiger partial charge < -0.3 is 4.74 Å². The lowest BCUT2D eigenvalue weighted by Gasteiger charge is -2.05. The minimum atomic E-state index is 0.817. The third kappa shape index (κ3) is 4.14. The fourth-order valence-corrected chi connectivity index (χ4v) is 1.60. The molecule has 0 spiro atoms. The second-order valence-corrected chi connectivity index (χ2v) is 4.04. The van der Waals surface area contributed by atoms with Crippen LogP contribution in [0.25, 0.3) is 0 Å². The third-order valence-corrected chi connectivity index (χ3v) is 2.69. The Morgan fingerprint density at radius 1 is 1.14 bits per heavy atom. The number of hydrogen-bond donors (Lipinski definition) is 0. The van der Waals surface area contributed by atoms with E-state index < -0.39 is 0 Å². The number of aryl methyl sites for hydroxylation is 1. The van der Waals surface area contributed by atoms with Crippen LogP contribution in [0.5, 0.6) is 5.75 Å². The van der Waals surface area contributed by atoms with Crippen molar-refractivity contribution in [2.75, 3.05) is 11.9 Å². The average molecular weight is 257 g/mol. The van der Waals surface area contributed by atoms with E-state index >= 15 is 0 Å². The Labute approximate surface area is 94.6 Å². The van der Waals surface area contributed by atoms with Crippen LogP contribution in [-0.4, -0.2) is 11.9 Å². The molecule has 1 rings (SSSR count). The molecule has 1 aromatic rings. The zero-order valence-corrected chi connectivity index (χ0v) is 10.2. The number of halogens is 1. The first-order valence-corrected chi connectivity index (χ1v) is 6.26. The quantitative estimate of drug-likeness (QED) is 0.556. The van der Waals surface area contributed by atoms with Crippen LogP contribution in [0.15, 0.2) is 24.3 Å². The highest BCUT2D eigenvalue weighted by molar-refractivity contribution is 9.09. The first-order chi connectivity index (χ1) is 6.86. The molecular weight excluding hydrogens is 240 g/mol. The van der Waals surface area contributed by atoms with Gasteiger partial charge in [0.2, 0.25) is 0 Å². The molecule has 0 N–H and O–H groups in total. The lowest BCUT2D eigenvalue weighted by molar-refractivity contribution is 0.310. The molecule has 0 unspecified atom stereocenters. The topological polar surface area (TPSA) is 9.23 Å². The van der Waals surface area contributed by atoms with E-state index in [-0.39, 0.29) is 0 Å². The van der Waals surface area contributed by atoms with Gasteiger partial charge in [0.25, 0.3) is 0 Å². The van der Waals surface area contributed by atoms with Gasteiger partial charge in [0.15, 0.2) is 0 Å². The van der Waals surface area contributed by atoms with Gasteiger partial charge >= 0.3 is 0 Å². The van der Waals surface area contributed by atoms with Gasteiger partial charge in [0.1, 0.15) is 5.75 Å². The summed E-state index contributed by atoms with van der Waals surface area (Å²) in [5.74, 6) is 0.983. The maximum absolute atomic E-state index is 5.59. The summed E-state index contributed by atoms with van der Waals surface area (Å²) in [6.07, 6.45) is 3.37. The standard InChI is InChI=1S/C12H17BrO/c1-2-11-5-7-12(8-6-11)14-10-4-3-9-13/h5-8H,2-4,9-10H2,1H3. The smallest absolute Gasteiger partial charge is 0.119 e. The molecule has 1 nitrogen and oxygen atoms in total. The van der Waals surface area contributed by atoms with Gasteiger partial charge in [-0.15, -0.1) is 0 Å². The van der Waals surface area contributed by atoms with Crippen molar-refractivity contribution in [2.45, 2.75) is 26.2 Å². The molecule has 0 atom stereocenters. The molecule has 78 valence electrons. The van der Waals surface area contributed by atoms with Crippen molar-refractivity contribution in [1.29, 1.82) is 0 Å². The fraction of sp³-hybridized carbons (Fsp3) is 0.500. The fourth-order valence-electron chi connectivity index (χ4n) is 1.21. The maximum atomic E-state index is 5.59. The van der Waals surface area contributed by atoms with Crippen LogP contribution in [0.1, 0.15) is 25.3 Å². The van der Waals surface area contributed by atoms with Crippen molar-refractivity contribution in [2.24, 2.45) is 0 Å². The van der Waals surface area contributed by atoms with Crippen LogP contribution < -0.4 is 4.74 Å². The normalized spacial score (nSPS) is 10.1. The molecule has 2 heteroatoms. The van der Waals surface area contributed by atoms with Crippen LogP contribution in [0.2, 0.25) is 0 Å². The van der Waals surface area contributed by atoms with Crippen LogP contribution in [-0.2, 0) is 6.42 Å². The number of benzene rings is 1. The summed E-state index contributed by atoms with van der Waals surface area (Å²) in [6, 6.07) is 8.35. The number of ether oxygens (including phenoxy) is 1. The minimum absolute atomic E-state index is 0.817. The summed E-state index contributed by atoms with van der Waals surface area (Å²) >= 11 is 3.40. The number of hydrogen-bond acceptors (Lipinski definition) is 1. The monoisotopic (exact) mass is 256 g/mol. The van der Waals surface area contributed by atoms with E-state index in [2.05, 4.69) is 35.0 Å². The molecule has 0 saturated heterocycles. The van der Waals surface area contributed by atoms with E-state index in [1.807, 2.05) is 12.1 Å². The molecule has 0 heterocycles. The predicted octanol–water partition coefficient (Wildman–Crippen LogP) is 3.80. The summed E-state index contributed by atoms with van der Waals surface area (Å²) in [5, 5.41) is 1.06. The zero-order valence-electron chi connectivity index (χ0n) is 8.63. The number of rotatable bonds is 6. The third-order valence-electron chi connectivity index (χ3n) is 2.13. The molecule has 0 radical (unpaired) electrons. The summed E-state index contributed by atoms with van der Waals surface area (Å²) < 4.78 is 5.59. The molecule has 0 amide bonds. The molecule has 0 fully saturated rings. The molecule has 0 aliphatic heterocycles. The summed E-state index contributed by atoms with van der Waals surface area (Å²) in [5.41, 5.74) is 1.36. The van der Waals surface area contributed by atoms with Crippen molar-refractivity contribution < 1.29 is 4.74 Å². The van der Waals surface area contributed by atoms with Crippen LogP contribution in [0, 0.1) is 0 Å². The highest BCUT2D eigenvalue weighted by atomic mass is 79.9. The predicted molar refractivity (Wildman–Crippen MR) is 64.3 cm³/mol. The molecule has 0 saturated carbocycles. The van der Waals surface area contributed by atoms with Gasteiger partial charge in [-0.05, 0) is 37.0 Å². The van der Waals surface area contributed by atoms with Gasteiger partial charge in [-0.1, -0.05) is 35.0 Å².